The zero-order valence-electron chi connectivity index (χ0n) is 12.9. The number of thioether (sulfide) groups is 1. The molecule has 116 valence electrons. The number of methoxy groups -OCH3 is 2. The van der Waals surface area contributed by atoms with Gasteiger partial charge in [-0.05, 0) is 48.2 Å². The molecular formula is C17H19NO3S. The number of hydrogen-bond donors (Lipinski definition) is 1. The Balaban J connectivity index is 2.01. The highest BCUT2D eigenvalue weighted by molar-refractivity contribution is 7.98. The highest BCUT2D eigenvalue weighted by Crippen LogP contribution is 2.27. The average molecular weight is 317 g/mol. The maximum absolute atomic E-state index is 12.1. The Morgan fingerprint density at radius 2 is 1.73 bits per heavy atom. The predicted molar refractivity (Wildman–Crippen MR) is 88.9 cm³/mol. The Labute approximate surface area is 134 Å². The SMILES string of the molecule is COc1ccc(CNC(=O)c2ccc(SC)cc2)cc1OC. The lowest BCUT2D eigenvalue weighted by molar-refractivity contribution is 0.0951. The highest BCUT2D eigenvalue weighted by atomic mass is 32.2. The third-order valence-corrected chi connectivity index (χ3v) is 4.00. The zero-order valence-corrected chi connectivity index (χ0v) is 13.7. The first-order valence-corrected chi connectivity index (χ1v) is 8.03. The summed E-state index contributed by atoms with van der Waals surface area (Å²) < 4.78 is 10.4. The first-order valence-electron chi connectivity index (χ1n) is 6.81. The molecule has 0 saturated heterocycles. The van der Waals surface area contributed by atoms with E-state index >= 15 is 0 Å². The van der Waals surface area contributed by atoms with Crippen molar-refractivity contribution < 1.29 is 14.3 Å². The van der Waals surface area contributed by atoms with Gasteiger partial charge in [0.05, 0.1) is 14.2 Å². The number of nitrogens with one attached hydrogen (secondary N) is 1. The first kappa shape index (κ1) is 16.2. The molecule has 0 heterocycles. The minimum Gasteiger partial charge on any atom is -0.493 e. The van der Waals surface area contributed by atoms with Gasteiger partial charge in [0.25, 0.3) is 5.91 Å². The zero-order chi connectivity index (χ0) is 15.9. The van der Waals surface area contributed by atoms with Crippen LogP contribution in [0.15, 0.2) is 47.4 Å². The molecule has 2 rings (SSSR count). The number of carbonyl (C=O) groups excluding carboxylic acids is 1. The lowest BCUT2D eigenvalue weighted by atomic mass is 10.1. The number of hydrogen-bond acceptors (Lipinski definition) is 4. The van der Waals surface area contributed by atoms with E-state index in [1.54, 1.807) is 26.0 Å². The fourth-order valence-electron chi connectivity index (χ4n) is 2.02. The number of benzene rings is 2. The topological polar surface area (TPSA) is 47.6 Å². The van der Waals surface area contributed by atoms with Crippen molar-refractivity contribution in [1.29, 1.82) is 0 Å². The van der Waals surface area contributed by atoms with Gasteiger partial charge in [0.2, 0.25) is 0 Å². The van der Waals surface area contributed by atoms with Crippen LogP contribution in [-0.4, -0.2) is 26.4 Å². The summed E-state index contributed by atoms with van der Waals surface area (Å²) in [5, 5.41) is 2.90. The van der Waals surface area contributed by atoms with E-state index in [2.05, 4.69) is 5.32 Å². The average Bonchev–Trinajstić information content (AvgIpc) is 2.59. The number of carbonyl (C=O) groups is 1. The van der Waals surface area contributed by atoms with Gasteiger partial charge < -0.3 is 14.8 Å². The molecule has 0 fully saturated rings. The van der Waals surface area contributed by atoms with Crippen molar-refractivity contribution in [3.05, 3.63) is 53.6 Å². The molecule has 0 unspecified atom stereocenters. The molecule has 0 bridgehead atoms. The normalized spacial score (nSPS) is 10.1. The van der Waals surface area contributed by atoms with E-state index < -0.39 is 0 Å². The summed E-state index contributed by atoms with van der Waals surface area (Å²) in [6.07, 6.45) is 2.01. The van der Waals surface area contributed by atoms with Gasteiger partial charge in [-0.25, -0.2) is 0 Å². The van der Waals surface area contributed by atoms with Crippen LogP contribution < -0.4 is 14.8 Å². The summed E-state index contributed by atoms with van der Waals surface area (Å²) in [7, 11) is 3.19. The van der Waals surface area contributed by atoms with Crippen molar-refractivity contribution in [2.24, 2.45) is 0 Å². The third-order valence-electron chi connectivity index (χ3n) is 3.25. The van der Waals surface area contributed by atoms with Crippen LogP contribution >= 0.6 is 11.8 Å². The molecule has 2 aromatic carbocycles. The van der Waals surface area contributed by atoms with Gasteiger partial charge >= 0.3 is 0 Å². The Morgan fingerprint density at radius 1 is 1.05 bits per heavy atom. The fourth-order valence-corrected chi connectivity index (χ4v) is 2.43. The standard InChI is InChI=1S/C17H19NO3S/c1-20-15-9-4-12(10-16(15)21-2)11-18-17(19)13-5-7-14(22-3)8-6-13/h4-10H,11H2,1-3H3,(H,18,19). The van der Waals surface area contributed by atoms with Gasteiger partial charge in [-0.3, -0.25) is 4.79 Å². The largest absolute Gasteiger partial charge is 0.493 e. The van der Waals surface area contributed by atoms with Crippen LogP contribution in [0.3, 0.4) is 0 Å². The Morgan fingerprint density at radius 3 is 2.32 bits per heavy atom. The van der Waals surface area contributed by atoms with Crippen LogP contribution in [0.2, 0.25) is 0 Å². The molecule has 0 aliphatic rings. The van der Waals surface area contributed by atoms with Gasteiger partial charge in [-0.15, -0.1) is 11.8 Å². The molecule has 2 aromatic rings. The van der Waals surface area contributed by atoms with Crippen molar-refractivity contribution in [2.45, 2.75) is 11.4 Å². The van der Waals surface area contributed by atoms with Gasteiger partial charge in [0, 0.05) is 17.0 Å². The van der Waals surface area contributed by atoms with Crippen LogP contribution in [0.4, 0.5) is 0 Å². The van der Waals surface area contributed by atoms with Crippen LogP contribution in [0, 0.1) is 0 Å². The molecule has 1 amide bonds. The molecule has 1 N–H and O–H groups in total. The van der Waals surface area contributed by atoms with Crippen molar-refractivity contribution in [2.75, 3.05) is 20.5 Å². The van der Waals surface area contributed by atoms with Crippen LogP contribution in [0.25, 0.3) is 0 Å². The van der Waals surface area contributed by atoms with E-state index in [0.29, 0.717) is 23.6 Å². The Kier molecular flexibility index (Phi) is 5.72. The maximum atomic E-state index is 12.1. The predicted octanol–water partition coefficient (Wildman–Crippen LogP) is 3.36. The van der Waals surface area contributed by atoms with Gasteiger partial charge in [-0.2, -0.15) is 0 Å². The van der Waals surface area contributed by atoms with Crippen LogP contribution in [0.5, 0.6) is 11.5 Å². The molecule has 22 heavy (non-hydrogen) atoms. The smallest absolute Gasteiger partial charge is 0.251 e. The van der Waals surface area contributed by atoms with Crippen molar-refractivity contribution in [3.63, 3.8) is 0 Å². The van der Waals surface area contributed by atoms with Crippen molar-refractivity contribution >= 4 is 17.7 Å². The Hall–Kier alpha value is -2.14. The summed E-state index contributed by atoms with van der Waals surface area (Å²) in [4.78, 5) is 13.3. The molecule has 0 radical (unpaired) electrons. The van der Waals surface area contributed by atoms with Gasteiger partial charge in [0.15, 0.2) is 11.5 Å². The number of rotatable bonds is 6. The minimum atomic E-state index is -0.0950. The summed E-state index contributed by atoms with van der Waals surface area (Å²) in [5.74, 6) is 1.23. The minimum absolute atomic E-state index is 0.0950. The van der Waals surface area contributed by atoms with Crippen molar-refractivity contribution in [1.82, 2.24) is 5.32 Å². The first-order chi connectivity index (χ1) is 10.7. The van der Waals surface area contributed by atoms with E-state index in [1.807, 2.05) is 48.7 Å². The molecule has 0 aliphatic carbocycles. The summed E-state index contributed by atoms with van der Waals surface area (Å²) >= 11 is 1.65. The second-order valence-electron chi connectivity index (χ2n) is 4.60. The van der Waals surface area contributed by atoms with Crippen LogP contribution in [0.1, 0.15) is 15.9 Å². The molecule has 0 spiro atoms. The molecule has 0 atom stereocenters. The molecule has 0 aliphatic heterocycles. The highest BCUT2D eigenvalue weighted by Gasteiger charge is 2.07. The molecule has 4 nitrogen and oxygen atoms in total. The maximum Gasteiger partial charge on any atom is 0.251 e. The quantitative estimate of drug-likeness (QED) is 0.830. The van der Waals surface area contributed by atoms with Crippen molar-refractivity contribution in [3.8, 4) is 11.5 Å². The third kappa shape index (κ3) is 3.95. The van der Waals surface area contributed by atoms with E-state index in [-0.39, 0.29) is 5.91 Å². The molecule has 5 heteroatoms. The number of ether oxygens (including phenoxy) is 2. The molecule has 0 saturated carbocycles. The summed E-state index contributed by atoms with van der Waals surface area (Å²) in [6.45, 7) is 0.434. The second kappa shape index (κ2) is 7.75. The Bertz CT molecular complexity index is 641. The van der Waals surface area contributed by atoms with Crippen LogP contribution in [-0.2, 0) is 6.54 Å². The lowest BCUT2D eigenvalue weighted by Gasteiger charge is -2.10. The summed E-state index contributed by atoms with van der Waals surface area (Å²) in [5.41, 5.74) is 1.60. The van der Waals surface area contributed by atoms with E-state index in [9.17, 15) is 4.79 Å². The van der Waals surface area contributed by atoms with Gasteiger partial charge in [-0.1, -0.05) is 6.07 Å². The number of amides is 1. The lowest BCUT2D eigenvalue weighted by Crippen LogP contribution is -2.22. The molecule has 0 aromatic heterocycles. The fraction of sp³-hybridized carbons (Fsp3) is 0.235. The molecular weight excluding hydrogens is 298 g/mol. The summed E-state index contributed by atoms with van der Waals surface area (Å²) in [6, 6.07) is 13.1. The van der Waals surface area contributed by atoms with Gasteiger partial charge in [0.1, 0.15) is 0 Å². The monoisotopic (exact) mass is 317 g/mol. The van der Waals surface area contributed by atoms with E-state index in [4.69, 9.17) is 9.47 Å². The van der Waals surface area contributed by atoms with E-state index in [0.717, 1.165) is 10.5 Å². The van der Waals surface area contributed by atoms with E-state index in [1.165, 1.54) is 0 Å². The second-order valence-corrected chi connectivity index (χ2v) is 5.48.